The molecule has 9 aromatic rings. The molecular formula is C42H30N8. The van der Waals surface area contributed by atoms with Gasteiger partial charge in [-0.2, -0.15) is 4.99 Å². The van der Waals surface area contributed by atoms with Crippen LogP contribution in [-0.4, -0.2) is 49.6 Å². The SMILES string of the molecule is C=N/C(=N\C(=N/C)n1c2ccccc2c2cc(-n3nc(-c4ccccc4)nc3-c3ccccc3)ccc21)n1c2ccccc2c2ccccc21. The molecule has 0 aliphatic rings. The van der Waals surface area contributed by atoms with Gasteiger partial charge in [0.05, 0.1) is 27.8 Å². The first kappa shape index (κ1) is 29.2. The Hall–Kier alpha value is -6.93. The zero-order valence-corrected chi connectivity index (χ0v) is 27.2. The minimum absolute atomic E-state index is 0.439. The fraction of sp³-hybridized carbons (Fsp3) is 0.0238. The zero-order chi connectivity index (χ0) is 33.6. The summed E-state index contributed by atoms with van der Waals surface area (Å²) < 4.78 is 6.07. The van der Waals surface area contributed by atoms with Crippen molar-refractivity contribution in [3.63, 3.8) is 0 Å². The molecule has 0 saturated heterocycles. The molecule has 8 nitrogen and oxygen atoms in total. The third-order valence-corrected chi connectivity index (χ3v) is 9.09. The lowest BCUT2D eigenvalue weighted by Crippen LogP contribution is -2.16. The summed E-state index contributed by atoms with van der Waals surface area (Å²) in [7, 11) is 1.76. The largest absolute Gasteiger partial charge is 0.278 e. The van der Waals surface area contributed by atoms with Crippen LogP contribution in [0.25, 0.3) is 72.1 Å². The summed E-state index contributed by atoms with van der Waals surface area (Å²) >= 11 is 0. The first-order chi connectivity index (χ1) is 24.7. The van der Waals surface area contributed by atoms with E-state index in [-0.39, 0.29) is 0 Å². The first-order valence-electron chi connectivity index (χ1n) is 16.4. The molecule has 0 atom stereocenters. The van der Waals surface area contributed by atoms with E-state index in [1.54, 1.807) is 7.05 Å². The Labute approximate surface area is 287 Å². The standard InChI is InChI=1S/C42H30N8/c1-43-41(48-35-22-12-9-19-31(35)32-20-10-13-23-36(32)48)46-42(44-2)49-37-24-14-11-21-33(37)34-27-30(25-26-38(34)49)50-40(29-17-7-4-8-18-29)45-39(47-50)28-15-5-3-6-16-28/h3-27H,1H2,2H3/b44-42+,46-41+. The fourth-order valence-electron chi connectivity index (χ4n) is 6.87. The molecule has 9 rings (SSSR count). The Morgan fingerprint density at radius 3 is 1.62 bits per heavy atom. The predicted octanol–water partition coefficient (Wildman–Crippen LogP) is 9.26. The quantitative estimate of drug-likeness (QED) is 0.142. The Bertz CT molecular complexity index is 2730. The van der Waals surface area contributed by atoms with Gasteiger partial charge in [0.2, 0.25) is 11.9 Å². The topological polar surface area (TPSA) is 77.7 Å². The maximum atomic E-state index is 5.11. The second kappa shape index (κ2) is 11.9. The van der Waals surface area contributed by atoms with Gasteiger partial charge in [0, 0.05) is 39.7 Å². The van der Waals surface area contributed by atoms with Gasteiger partial charge in [-0.25, -0.2) is 14.7 Å². The van der Waals surface area contributed by atoms with Gasteiger partial charge in [-0.1, -0.05) is 115 Å². The van der Waals surface area contributed by atoms with Crippen molar-refractivity contribution in [1.82, 2.24) is 23.9 Å². The summed E-state index contributed by atoms with van der Waals surface area (Å²) in [6.45, 7) is 3.94. The first-order valence-corrected chi connectivity index (χ1v) is 16.4. The van der Waals surface area contributed by atoms with E-state index in [0.717, 1.165) is 66.3 Å². The van der Waals surface area contributed by atoms with E-state index in [9.17, 15) is 0 Å². The number of benzene rings is 6. The maximum absolute atomic E-state index is 5.11. The number of aromatic nitrogens is 5. The van der Waals surface area contributed by atoms with Gasteiger partial charge < -0.3 is 0 Å². The van der Waals surface area contributed by atoms with Crippen molar-refractivity contribution in [2.45, 2.75) is 0 Å². The van der Waals surface area contributed by atoms with Crippen LogP contribution < -0.4 is 0 Å². The Kier molecular flexibility index (Phi) is 6.98. The number of fused-ring (bicyclic) bond motifs is 6. The summed E-state index contributed by atoms with van der Waals surface area (Å²) in [6.07, 6.45) is 0. The molecule has 0 saturated carbocycles. The van der Waals surface area contributed by atoms with Crippen LogP contribution in [0, 0.1) is 0 Å². The molecule has 0 radical (unpaired) electrons. The number of hydrogen-bond donors (Lipinski definition) is 0. The van der Waals surface area contributed by atoms with Crippen LogP contribution in [-0.2, 0) is 0 Å². The molecule has 8 heteroatoms. The minimum atomic E-state index is 0.439. The highest BCUT2D eigenvalue weighted by atomic mass is 15.4. The number of para-hydroxylation sites is 3. The van der Waals surface area contributed by atoms with E-state index in [1.165, 1.54) is 0 Å². The van der Waals surface area contributed by atoms with E-state index in [4.69, 9.17) is 20.1 Å². The summed E-state index contributed by atoms with van der Waals surface area (Å²) in [4.78, 5) is 19.3. The van der Waals surface area contributed by atoms with Crippen molar-refractivity contribution < 1.29 is 0 Å². The second-order valence-corrected chi connectivity index (χ2v) is 11.9. The molecule has 0 aliphatic carbocycles. The number of aliphatic imine (C=N–C) groups is 3. The van der Waals surface area contributed by atoms with E-state index >= 15 is 0 Å². The highest BCUT2D eigenvalue weighted by molar-refractivity contribution is 6.18. The van der Waals surface area contributed by atoms with Crippen LogP contribution in [0.4, 0.5) is 0 Å². The molecule has 0 fully saturated rings. The van der Waals surface area contributed by atoms with Crippen LogP contribution in [0.1, 0.15) is 0 Å². The van der Waals surface area contributed by atoms with Gasteiger partial charge in [0.1, 0.15) is 0 Å². The lowest BCUT2D eigenvalue weighted by molar-refractivity contribution is 0.892. The molecule has 0 unspecified atom stereocenters. The third-order valence-electron chi connectivity index (χ3n) is 9.09. The molecule has 3 heterocycles. The Morgan fingerprint density at radius 2 is 1.04 bits per heavy atom. The molecule has 50 heavy (non-hydrogen) atoms. The normalized spacial score (nSPS) is 12.4. The van der Waals surface area contributed by atoms with Crippen LogP contribution in [0.15, 0.2) is 167 Å². The molecule has 0 aliphatic heterocycles. The summed E-state index contributed by atoms with van der Waals surface area (Å²) in [5.41, 5.74) is 6.76. The van der Waals surface area contributed by atoms with E-state index in [1.807, 2.05) is 83.5 Å². The summed E-state index contributed by atoms with van der Waals surface area (Å²) in [6, 6.07) is 51.4. The van der Waals surface area contributed by atoms with E-state index < -0.39 is 0 Å². The van der Waals surface area contributed by atoms with Crippen molar-refractivity contribution in [2.24, 2.45) is 15.0 Å². The van der Waals surface area contributed by atoms with Gasteiger partial charge in [-0.3, -0.25) is 14.1 Å². The van der Waals surface area contributed by atoms with Crippen molar-refractivity contribution in [2.75, 3.05) is 7.05 Å². The summed E-state index contributed by atoms with van der Waals surface area (Å²) in [5.74, 6) is 2.36. The smallest absolute Gasteiger partial charge is 0.237 e. The van der Waals surface area contributed by atoms with Crippen LogP contribution in [0.5, 0.6) is 0 Å². The molecule has 238 valence electrons. The van der Waals surface area contributed by atoms with E-state index in [0.29, 0.717) is 17.7 Å². The molecule has 0 spiro atoms. The van der Waals surface area contributed by atoms with Gasteiger partial charge in [-0.05, 0) is 43.1 Å². The average molecular weight is 647 g/mol. The summed E-state index contributed by atoms with van der Waals surface area (Å²) in [5, 5.41) is 9.38. The molecule has 0 bridgehead atoms. The monoisotopic (exact) mass is 646 g/mol. The van der Waals surface area contributed by atoms with Gasteiger partial charge >= 0.3 is 0 Å². The second-order valence-electron chi connectivity index (χ2n) is 11.9. The lowest BCUT2D eigenvalue weighted by Gasteiger charge is -2.11. The van der Waals surface area contributed by atoms with E-state index in [2.05, 4.69) is 93.6 Å². The Morgan fingerprint density at radius 1 is 0.540 bits per heavy atom. The predicted molar refractivity (Wildman–Crippen MR) is 206 cm³/mol. The number of nitrogens with zero attached hydrogens (tertiary/aromatic N) is 8. The number of rotatable bonds is 3. The molecule has 6 aromatic carbocycles. The lowest BCUT2D eigenvalue weighted by atomic mass is 10.1. The highest BCUT2D eigenvalue weighted by Crippen LogP contribution is 2.34. The highest BCUT2D eigenvalue weighted by Gasteiger charge is 2.20. The minimum Gasteiger partial charge on any atom is -0.278 e. The molecule has 0 N–H and O–H groups in total. The van der Waals surface area contributed by atoms with Crippen molar-refractivity contribution in [1.29, 1.82) is 0 Å². The van der Waals surface area contributed by atoms with Crippen LogP contribution >= 0.6 is 0 Å². The fourth-order valence-corrected chi connectivity index (χ4v) is 6.87. The van der Waals surface area contributed by atoms with Gasteiger partial charge in [0.15, 0.2) is 11.6 Å². The molecule has 3 aromatic heterocycles. The maximum Gasteiger partial charge on any atom is 0.237 e. The van der Waals surface area contributed by atoms with Crippen LogP contribution in [0.2, 0.25) is 0 Å². The van der Waals surface area contributed by atoms with Gasteiger partial charge in [-0.15, -0.1) is 5.10 Å². The van der Waals surface area contributed by atoms with Crippen LogP contribution in [0.3, 0.4) is 0 Å². The third kappa shape index (κ3) is 4.65. The van der Waals surface area contributed by atoms with Crippen molar-refractivity contribution in [3.8, 4) is 28.5 Å². The Balaban J connectivity index is 1.24. The van der Waals surface area contributed by atoms with Crippen molar-refractivity contribution in [3.05, 3.63) is 152 Å². The molecular weight excluding hydrogens is 617 g/mol. The average Bonchev–Trinajstić information content (AvgIpc) is 3.87. The zero-order valence-electron chi connectivity index (χ0n) is 27.2. The van der Waals surface area contributed by atoms with Crippen molar-refractivity contribution >= 4 is 62.2 Å². The number of hydrogen-bond acceptors (Lipinski definition) is 3. The molecule has 0 amide bonds. The van der Waals surface area contributed by atoms with Gasteiger partial charge in [0.25, 0.3) is 0 Å².